The third-order valence-electron chi connectivity index (χ3n) is 4.42. The first-order valence-corrected chi connectivity index (χ1v) is 8.63. The highest BCUT2D eigenvalue weighted by molar-refractivity contribution is 6.07. The van der Waals surface area contributed by atoms with Gasteiger partial charge in [-0.15, -0.1) is 0 Å². The van der Waals surface area contributed by atoms with Gasteiger partial charge in [0.05, 0.1) is 30.0 Å². The van der Waals surface area contributed by atoms with Crippen molar-refractivity contribution < 1.29 is 18.7 Å². The number of aromatic nitrogens is 3. The van der Waals surface area contributed by atoms with E-state index >= 15 is 0 Å². The van der Waals surface area contributed by atoms with Crippen LogP contribution < -0.4 is 0 Å². The lowest BCUT2D eigenvalue weighted by atomic mass is 10.1. The van der Waals surface area contributed by atoms with Gasteiger partial charge < -0.3 is 14.1 Å². The number of methoxy groups -OCH3 is 1. The van der Waals surface area contributed by atoms with Crippen LogP contribution in [0.1, 0.15) is 28.9 Å². The minimum absolute atomic E-state index is 0.156. The Bertz CT molecular complexity index is 975. The van der Waals surface area contributed by atoms with E-state index in [0.29, 0.717) is 35.6 Å². The van der Waals surface area contributed by atoms with E-state index in [1.54, 1.807) is 48.1 Å². The minimum Gasteiger partial charge on any atom is -0.469 e. The summed E-state index contributed by atoms with van der Waals surface area (Å²) >= 11 is 0. The van der Waals surface area contributed by atoms with Gasteiger partial charge in [0.1, 0.15) is 5.69 Å². The molecule has 142 valence electrons. The number of carbonyl (C=O) groups excluding carboxylic acids is 2. The number of rotatable bonds is 6. The minimum atomic E-state index is -0.287. The molecule has 8 nitrogen and oxygen atoms in total. The third-order valence-corrected chi connectivity index (χ3v) is 4.42. The molecular weight excluding hydrogens is 348 g/mol. The maximum Gasteiger partial charge on any atom is 0.305 e. The summed E-state index contributed by atoms with van der Waals surface area (Å²) in [6.07, 6.45) is 2.36. The second kappa shape index (κ2) is 7.61. The van der Waals surface area contributed by atoms with Crippen LogP contribution in [-0.4, -0.2) is 52.2 Å². The number of esters is 1. The Morgan fingerprint density at radius 1 is 1.37 bits per heavy atom. The smallest absolute Gasteiger partial charge is 0.305 e. The molecule has 8 heteroatoms. The fraction of sp³-hybridized carbons (Fsp3) is 0.368. The molecule has 1 amide bonds. The lowest BCUT2D eigenvalue weighted by Crippen LogP contribution is -2.28. The standard InChI is InChI=1S/C19H22N4O4/c1-12-17-13(19(25)22(2)9-5-8-16(24)26-4)11-14(15-7-6-10-27-15)20-18(17)23(3)21-12/h6-7,10-11H,5,8-9H2,1-4H3. The normalized spacial score (nSPS) is 11.0. The summed E-state index contributed by atoms with van der Waals surface area (Å²) in [5, 5.41) is 5.12. The van der Waals surface area contributed by atoms with Crippen molar-refractivity contribution in [3.8, 4) is 11.5 Å². The van der Waals surface area contributed by atoms with Gasteiger partial charge in [-0.1, -0.05) is 0 Å². The Morgan fingerprint density at radius 2 is 2.15 bits per heavy atom. The van der Waals surface area contributed by atoms with Gasteiger partial charge in [-0.05, 0) is 31.5 Å². The van der Waals surface area contributed by atoms with E-state index in [-0.39, 0.29) is 18.3 Å². The molecule has 0 aromatic carbocycles. The number of hydrogen-bond donors (Lipinski definition) is 0. The van der Waals surface area contributed by atoms with Gasteiger partial charge in [0.2, 0.25) is 0 Å². The lowest BCUT2D eigenvalue weighted by Gasteiger charge is -2.18. The molecule has 0 aliphatic heterocycles. The predicted octanol–water partition coefficient (Wildman–Crippen LogP) is 2.56. The van der Waals surface area contributed by atoms with E-state index in [1.807, 2.05) is 6.92 Å². The van der Waals surface area contributed by atoms with Crippen molar-refractivity contribution in [2.75, 3.05) is 20.7 Å². The topological polar surface area (TPSA) is 90.5 Å². The molecule has 3 rings (SSSR count). The van der Waals surface area contributed by atoms with Gasteiger partial charge in [0.15, 0.2) is 11.4 Å². The zero-order valence-electron chi connectivity index (χ0n) is 15.9. The molecule has 0 fully saturated rings. The van der Waals surface area contributed by atoms with E-state index < -0.39 is 0 Å². The average Bonchev–Trinajstić information content (AvgIpc) is 3.29. The summed E-state index contributed by atoms with van der Waals surface area (Å²) in [5.74, 6) is 0.139. The Hall–Kier alpha value is -3.16. The molecule has 3 aromatic heterocycles. The summed E-state index contributed by atoms with van der Waals surface area (Å²) in [4.78, 5) is 30.6. The number of carbonyl (C=O) groups is 2. The van der Waals surface area contributed by atoms with Gasteiger partial charge in [-0.2, -0.15) is 5.10 Å². The highest BCUT2D eigenvalue weighted by Gasteiger charge is 2.22. The van der Waals surface area contributed by atoms with Crippen molar-refractivity contribution >= 4 is 22.9 Å². The maximum absolute atomic E-state index is 13.1. The molecule has 0 bridgehead atoms. The van der Waals surface area contributed by atoms with Crippen LogP contribution in [0, 0.1) is 6.92 Å². The fourth-order valence-electron chi connectivity index (χ4n) is 3.03. The van der Waals surface area contributed by atoms with Crippen LogP contribution in [0.3, 0.4) is 0 Å². The number of nitrogens with zero attached hydrogens (tertiary/aromatic N) is 4. The van der Waals surface area contributed by atoms with Crippen LogP contribution in [0.5, 0.6) is 0 Å². The van der Waals surface area contributed by atoms with Crippen molar-refractivity contribution in [1.82, 2.24) is 19.7 Å². The van der Waals surface area contributed by atoms with Crippen LogP contribution in [0.2, 0.25) is 0 Å². The summed E-state index contributed by atoms with van der Waals surface area (Å²) < 4.78 is 11.7. The van der Waals surface area contributed by atoms with Crippen molar-refractivity contribution in [2.45, 2.75) is 19.8 Å². The van der Waals surface area contributed by atoms with Crippen LogP contribution in [0.4, 0.5) is 0 Å². The largest absolute Gasteiger partial charge is 0.469 e. The Kier molecular flexibility index (Phi) is 5.25. The zero-order valence-corrected chi connectivity index (χ0v) is 15.9. The Labute approximate surface area is 156 Å². The van der Waals surface area contributed by atoms with Crippen LogP contribution in [0.15, 0.2) is 28.9 Å². The van der Waals surface area contributed by atoms with Crippen LogP contribution in [-0.2, 0) is 16.6 Å². The highest BCUT2D eigenvalue weighted by Crippen LogP contribution is 2.27. The third kappa shape index (κ3) is 3.69. The van der Waals surface area contributed by atoms with Crippen LogP contribution in [0.25, 0.3) is 22.5 Å². The SMILES string of the molecule is COC(=O)CCCN(C)C(=O)c1cc(-c2ccco2)nc2c1c(C)nn2C. The van der Waals surface area contributed by atoms with Crippen molar-refractivity contribution in [3.63, 3.8) is 0 Å². The van der Waals surface area contributed by atoms with Crippen molar-refractivity contribution in [3.05, 3.63) is 35.7 Å². The van der Waals surface area contributed by atoms with Crippen molar-refractivity contribution in [2.24, 2.45) is 7.05 Å². The number of pyridine rings is 1. The molecule has 0 atom stereocenters. The predicted molar refractivity (Wildman–Crippen MR) is 99.2 cm³/mol. The highest BCUT2D eigenvalue weighted by atomic mass is 16.5. The first-order chi connectivity index (χ1) is 12.9. The van der Waals surface area contributed by atoms with E-state index in [1.165, 1.54) is 7.11 Å². The molecule has 0 saturated heterocycles. The van der Waals surface area contributed by atoms with Gasteiger partial charge in [0.25, 0.3) is 5.91 Å². The van der Waals surface area contributed by atoms with E-state index in [2.05, 4.69) is 14.8 Å². The quantitative estimate of drug-likeness (QED) is 0.620. The monoisotopic (exact) mass is 370 g/mol. The van der Waals surface area contributed by atoms with E-state index in [0.717, 1.165) is 11.1 Å². The molecule has 0 N–H and O–H groups in total. The summed E-state index contributed by atoms with van der Waals surface area (Å²) in [6.45, 7) is 2.29. The number of furan rings is 1. The zero-order chi connectivity index (χ0) is 19.6. The number of fused-ring (bicyclic) bond motifs is 1. The fourth-order valence-corrected chi connectivity index (χ4v) is 3.03. The van der Waals surface area contributed by atoms with Crippen molar-refractivity contribution in [1.29, 1.82) is 0 Å². The molecular formula is C19H22N4O4. The summed E-state index contributed by atoms with van der Waals surface area (Å²) in [6, 6.07) is 5.30. The second-order valence-electron chi connectivity index (χ2n) is 6.35. The number of ether oxygens (including phenoxy) is 1. The molecule has 0 aliphatic carbocycles. The molecule has 3 heterocycles. The van der Waals surface area contributed by atoms with Gasteiger partial charge in [0, 0.05) is 27.1 Å². The second-order valence-corrected chi connectivity index (χ2v) is 6.35. The summed E-state index contributed by atoms with van der Waals surface area (Å²) in [7, 11) is 4.86. The molecule has 27 heavy (non-hydrogen) atoms. The van der Waals surface area contributed by atoms with Gasteiger partial charge in [-0.3, -0.25) is 14.3 Å². The Morgan fingerprint density at radius 3 is 2.81 bits per heavy atom. The van der Waals surface area contributed by atoms with Gasteiger partial charge in [-0.25, -0.2) is 4.98 Å². The molecule has 0 radical (unpaired) electrons. The number of hydrogen-bond acceptors (Lipinski definition) is 6. The van der Waals surface area contributed by atoms with Gasteiger partial charge >= 0.3 is 5.97 Å². The molecule has 0 unspecified atom stereocenters. The first-order valence-electron chi connectivity index (χ1n) is 8.63. The van der Waals surface area contributed by atoms with E-state index in [4.69, 9.17) is 4.42 Å². The Balaban J connectivity index is 1.96. The number of amides is 1. The maximum atomic E-state index is 13.1. The van der Waals surface area contributed by atoms with Crippen LogP contribution >= 0.6 is 0 Å². The summed E-state index contributed by atoms with van der Waals surface area (Å²) in [5.41, 5.74) is 2.43. The molecule has 0 saturated carbocycles. The lowest BCUT2D eigenvalue weighted by molar-refractivity contribution is -0.140. The van der Waals surface area contributed by atoms with E-state index in [9.17, 15) is 9.59 Å². The molecule has 0 aliphatic rings. The molecule has 0 spiro atoms. The average molecular weight is 370 g/mol. The number of aryl methyl sites for hydroxylation is 2. The molecule has 3 aromatic rings. The first kappa shape index (κ1) is 18.6.